The van der Waals surface area contributed by atoms with Crippen LogP contribution in [0, 0.1) is 5.92 Å². The molecule has 0 saturated carbocycles. The first-order valence-corrected chi connectivity index (χ1v) is 19.7. The maximum absolute atomic E-state index is 14.7. The van der Waals surface area contributed by atoms with Crippen LogP contribution in [0.3, 0.4) is 0 Å². The Morgan fingerprint density at radius 3 is 2.18 bits per heavy atom. The minimum absolute atomic E-state index is 0.0216. The van der Waals surface area contributed by atoms with E-state index in [2.05, 4.69) is 5.32 Å². The SMILES string of the molecule is C[C@@H]1[C@@H]([Si](C)(C)O)[C@H](CC(=O)N(CCO)Cc2ccccc2)O[C@@]12C(=O)N(Cc1ccc(NC(=O)c3ccccc3)cc1)c1ccccc12. The van der Waals surface area contributed by atoms with E-state index < -0.39 is 31.5 Å². The molecule has 2 aliphatic rings. The fourth-order valence-electron chi connectivity index (χ4n) is 7.58. The number of aliphatic hydroxyl groups excluding tert-OH is 1. The standard InChI is InChI=1S/C39H43N3O6Si/c1-27-36(49(2,3)47)34(24-35(44)41(22-23-43)25-28-12-6-4-7-13-28)48-39(27)32-16-10-11-17-33(32)42(38(39)46)26-29-18-20-31(21-19-29)40-37(45)30-14-8-5-9-15-30/h4-21,27,34,36,43,47H,22-26H2,1-3H3,(H,40,45)/t27-,34+,36-,39+/m1/s1. The van der Waals surface area contributed by atoms with Gasteiger partial charge in [-0.1, -0.05) is 85.8 Å². The van der Waals surface area contributed by atoms with Crippen LogP contribution in [0.1, 0.15) is 40.4 Å². The number of anilines is 2. The Hall–Kier alpha value is -4.61. The number of amides is 3. The molecule has 2 heterocycles. The second-order valence-corrected chi connectivity index (χ2v) is 17.5. The zero-order valence-corrected chi connectivity index (χ0v) is 29.1. The van der Waals surface area contributed by atoms with Gasteiger partial charge in [-0.05, 0) is 54.6 Å². The molecule has 49 heavy (non-hydrogen) atoms. The van der Waals surface area contributed by atoms with E-state index in [1.165, 1.54) is 0 Å². The maximum atomic E-state index is 14.7. The van der Waals surface area contributed by atoms with Crippen LogP contribution in [-0.2, 0) is 33.0 Å². The smallest absolute Gasteiger partial charge is 0.264 e. The summed E-state index contributed by atoms with van der Waals surface area (Å²) >= 11 is 0. The molecule has 4 atom stereocenters. The number of ether oxygens (including phenoxy) is 1. The van der Waals surface area contributed by atoms with Crippen molar-refractivity contribution >= 4 is 37.4 Å². The Balaban J connectivity index is 1.25. The first-order chi connectivity index (χ1) is 23.5. The summed E-state index contributed by atoms with van der Waals surface area (Å²) in [4.78, 5) is 56.1. The maximum Gasteiger partial charge on any atom is 0.264 e. The molecular weight excluding hydrogens is 635 g/mol. The quantitative estimate of drug-likeness (QED) is 0.176. The minimum atomic E-state index is -2.98. The minimum Gasteiger partial charge on any atom is -0.432 e. The number of aliphatic hydroxyl groups is 1. The average molecular weight is 678 g/mol. The van der Waals surface area contributed by atoms with E-state index in [0.29, 0.717) is 17.8 Å². The highest BCUT2D eigenvalue weighted by Crippen LogP contribution is 2.59. The van der Waals surface area contributed by atoms with Gasteiger partial charge in [-0.25, -0.2) is 0 Å². The summed E-state index contributed by atoms with van der Waals surface area (Å²) in [6.45, 7) is 6.22. The number of hydrogen-bond acceptors (Lipinski definition) is 6. The van der Waals surface area contributed by atoms with Gasteiger partial charge < -0.3 is 29.8 Å². The van der Waals surface area contributed by atoms with Crippen molar-refractivity contribution in [3.05, 3.63) is 131 Å². The number of nitrogens with one attached hydrogen (secondary N) is 1. The van der Waals surface area contributed by atoms with Crippen molar-refractivity contribution in [1.29, 1.82) is 0 Å². The van der Waals surface area contributed by atoms with E-state index in [-0.39, 0.29) is 43.8 Å². The molecule has 10 heteroatoms. The Bertz CT molecular complexity index is 1800. The Morgan fingerprint density at radius 2 is 1.53 bits per heavy atom. The molecule has 1 fully saturated rings. The zero-order valence-electron chi connectivity index (χ0n) is 28.1. The first-order valence-electron chi connectivity index (χ1n) is 16.7. The van der Waals surface area contributed by atoms with Gasteiger partial charge in [0.2, 0.25) is 5.91 Å². The van der Waals surface area contributed by atoms with Crippen LogP contribution in [0.5, 0.6) is 0 Å². The lowest BCUT2D eigenvalue weighted by Gasteiger charge is -2.32. The predicted octanol–water partition coefficient (Wildman–Crippen LogP) is 5.69. The number of rotatable bonds is 11. The van der Waals surface area contributed by atoms with Crippen molar-refractivity contribution in [3.63, 3.8) is 0 Å². The Labute approximate surface area is 288 Å². The highest BCUT2D eigenvalue weighted by molar-refractivity contribution is 6.71. The van der Waals surface area contributed by atoms with Crippen LogP contribution in [-0.4, -0.2) is 60.1 Å². The first kappa shape index (κ1) is 34.3. The van der Waals surface area contributed by atoms with Gasteiger partial charge in [-0.2, -0.15) is 0 Å². The topological polar surface area (TPSA) is 119 Å². The molecule has 6 rings (SSSR count). The summed E-state index contributed by atoms with van der Waals surface area (Å²) in [6, 6.07) is 33.6. The molecule has 1 spiro atoms. The zero-order chi connectivity index (χ0) is 34.8. The third-order valence-electron chi connectivity index (χ3n) is 9.79. The summed E-state index contributed by atoms with van der Waals surface area (Å²) in [5, 5.41) is 12.7. The van der Waals surface area contributed by atoms with Crippen LogP contribution < -0.4 is 10.2 Å². The van der Waals surface area contributed by atoms with Gasteiger partial charge in [0.15, 0.2) is 13.9 Å². The van der Waals surface area contributed by atoms with Gasteiger partial charge in [0, 0.05) is 41.4 Å². The van der Waals surface area contributed by atoms with E-state index in [9.17, 15) is 24.3 Å². The van der Waals surface area contributed by atoms with E-state index in [0.717, 1.165) is 22.4 Å². The molecule has 0 aliphatic carbocycles. The molecule has 0 unspecified atom stereocenters. The lowest BCUT2D eigenvalue weighted by molar-refractivity contribution is -0.150. The number of carbonyl (C=O) groups is 3. The second-order valence-electron chi connectivity index (χ2n) is 13.5. The highest BCUT2D eigenvalue weighted by Gasteiger charge is 2.66. The second kappa shape index (κ2) is 14.1. The molecule has 1 saturated heterocycles. The van der Waals surface area contributed by atoms with Crippen molar-refractivity contribution < 1.29 is 29.0 Å². The van der Waals surface area contributed by atoms with Crippen LogP contribution >= 0.6 is 0 Å². The molecule has 0 aromatic heterocycles. The van der Waals surface area contributed by atoms with Gasteiger partial charge >= 0.3 is 0 Å². The van der Waals surface area contributed by atoms with Crippen molar-refractivity contribution in [2.75, 3.05) is 23.4 Å². The van der Waals surface area contributed by atoms with E-state index in [1.54, 1.807) is 21.9 Å². The van der Waals surface area contributed by atoms with Gasteiger partial charge in [0.25, 0.3) is 11.8 Å². The monoisotopic (exact) mass is 677 g/mol. The van der Waals surface area contributed by atoms with E-state index in [4.69, 9.17) is 4.74 Å². The number of benzene rings is 4. The highest BCUT2D eigenvalue weighted by atomic mass is 28.4. The normalized spacial score (nSPS) is 21.5. The van der Waals surface area contributed by atoms with Crippen LogP contribution in [0.15, 0.2) is 109 Å². The van der Waals surface area contributed by atoms with Gasteiger partial charge in [-0.15, -0.1) is 0 Å². The molecule has 9 nitrogen and oxygen atoms in total. The number of nitrogens with zero attached hydrogens (tertiary/aromatic N) is 2. The fraction of sp³-hybridized carbons (Fsp3) is 0.308. The summed E-state index contributed by atoms with van der Waals surface area (Å²) < 4.78 is 6.85. The summed E-state index contributed by atoms with van der Waals surface area (Å²) in [7, 11) is -2.98. The number of carbonyl (C=O) groups excluding carboxylic acids is 3. The average Bonchev–Trinajstić information content (AvgIpc) is 3.52. The van der Waals surface area contributed by atoms with Crippen molar-refractivity contribution in [2.24, 2.45) is 5.92 Å². The van der Waals surface area contributed by atoms with Crippen molar-refractivity contribution in [2.45, 2.75) is 56.8 Å². The molecule has 254 valence electrons. The summed E-state index contributed by atoms with van der Waals surface area (Å²) in [5.41, 5.74) is 2.69. The molecule has 2 aliphatic heterocycles. The third kappa shape index (κ3) is 6.82. The number of fused-ring (bicyclic) bond motifs is 2. The summed E-state index contributed by atoms with van der Waals surface area (Å²) in [6.07, 6.45) is -0.720. The van der Waals surface area contributed by atoms with Crippen LogP contribution in [0.2, 0.25) is 18.6 Å². The third-order valence-corrected chi connectivity index (χ3v) is 12.3. The fourth-order valence-corrected chi connectivity index (χ4v) is 10.1. The number of hydrogen-bond donors (Lipinski definition) is 3. The largest absolute Gasteiger partial charge is 0.432 e. The van der Waals surface area contributed by atoms with Crippen molar-refractivity contribution in [3.8, 4) is 0 Å². The Morgan fingerprint density at radius 1 is 0.898 bits per heavy atom. The molecular formula is C39H43N3O6Si. The van der Waals surface area contributed by atoms with E-state index >= 15 is 0 Å². The predicted molar refractivity (Wildman–Crippen MR) is 191 cm³/mol. The molecule has 3 N–H and O–H groups in total. The van der Waals surface area contributed by atoms with E-state index in [1.807, 2.05) is 117 Å². The molecule has 0 radical (unpaired) electrons. The van der Waals surface area contributed by atoms with Crippen LogP contribution in [0.25, 0.3) is 0 Å². The summed E-state index contributed by atoms with van der Waals surface area (Å²) in [5.74, 6) is -1.04. The van der Waals surface area contributed by atoms with Gasteiger partial charge in [0.05, 0.1) is 31.4 Å². The molecule has 0 bridgehead atoms. The van der Waals surface area contributed by atoms with Crippen molar-refractivity contribution in [1.82, 2.24) is 4.90 Å². The number of para-hydroxylation sites is 1. The van der Waals surface area contributed by atoms with Gasteiger partial charge in [0.1, 0.15) is 0 Å². The molecule has 4 aromatic rings. The van der Waals surface area contributed by atoms with Gasteiger partial charge in [-0.3, -0.25) is 14.4 Å². The van der Waals surface area contributed by atoms with Crippen LogP contribution in [0.4, 0.5) is 11.4 Å². The molecule has 4 aromatic carbocycles. The lowest BCUT2D eigenvalue weighted by atomic mass is 9.82. The lowest BCUT2D eigenvalue weighted by Crippen LogP contribution is -2.46. The molecule has 3 amide bonds. The Kier molecular flexibility index (Phi) is 9.85.